The van der Waals surface area contributed by atoms with Gasteiger partial charge >= 0.3 is 0 Å². The lowest BCUT2D eigenvalue weighted by Gasteiger charge is -2.34. The highest BCUT2D eigenvalue weighted by Crippen LogP contribution is 2.06. The van der Waals surface area contributed by atoms with E-state index in [1.165, 1.54) is 32.5 Å². The van der Waals surface area contributed by atoms with Gasteiger partial charge in [-0.15, -0.1) is 0 Å². The number of hydrogen-bond donors (Lipinski definition) is 1. The molecule has 1 rings (SSSR count). The van der Waals surface area contributed by atoms with Crippen molar-refractivity contribution in [3.63, 3.8) is 0 Å². The highest BCUT2D eigenvalue weighted by atomic mass is 15.2. The summed E-state index contributed by atoms with van der Waals surface area (Å²) < 4.78 is 0. The van der Waals surface area contributed by atoms with Crippen LogP contribution in [0, 0.1) is 5.92 Å². The van der Waals surface area contributed by atoms with Crippen molar-refractivity contribution >= 4 is 0 Å². The van der Waals surface area contributed by atoms with E-state index in [4.69, 9.17) is 0 Å². The van der Waals surface area contributed by atoms with Crippen molar-refractivity contribution in [3.05, 3.63) is 0 Å². The Hall–Kier alpha value is -0.120. The highest BCUT2D eigenvalue weighted by Gasteiger charge is 2.18. The van der Waals surface area contributed by atoms with Crippen LogP contribution in [-0.4, -0.2) is 62.7 Å². The number of hydrogen-bond acceptors (Lipinski definition) is 3. The summed E-state index contributed by atoms with van der Waals surface area (Å²) in [5, 5.41) is 3.48. The fraction of sp³-hybridized carbons (Fsp3) is 1.00. The Balaban J connectivity index is 2.12. The molecule has 1 unspecified atom stereocenters. The Bertz CT molecular complexity index is 182. The Labute approximate surface area is 101 Å². The third kappa shape index (κ3) is 5.28. The predicted molar refractivity (Wildman–Crippen MR) is 70.9 cm³/mol. The van der Waals surface area contributed by atoms with Gasteiger partial charge in [-0.2, -0.15) is 0 Å². The van der Waals surface area contributed by atoms with Crippen LogP contribution in [0.1, 0.15) is 26.7 Å². The number of rotatable bonds is 6. The maximum atomic E-state index is 3.48. The molecule has 1 atom stereocenters. The molecule has 0 aromatic carbocycles. The van der Waals surface area contributed by atoms with Crippen LogP contribution in [0.4, 0.5) is 0 Å². The maximum absolute atomic E-state index is 3.48. The molecule has 0 saturated carbocycles. The van der Waals surface area contributed by atoms with E-state index in [2.05, 4.69) is 43.1 Å². The Morgan fingerprint density at radius 3 is 2.75 bits per heavy atom. The number of piperazine rings is 1. The first-order valence-corrected chi connectivity index (χ1v) is 6.69. The van der Waals surface area contributed by atoms with Gasteiger partial charge in [0.25, 0.3) is 0 Å². The van der Waals surface area contributed by atoms with Crippen LogP contribution in [-0.2, 0) is 0 Å². The topological polar surface area (TPSA) is 18.5 Å². The second-order valence-corrected chi connectivity index (χ2v) is 5.61. The van der Waals surface area contributed by atoms with Crippen LogP contribution in [0.2, 0.25) is 0 Å². The molecule has 96 valence electrons. The molecule has 0 bridgehead atoms. The van der Waals surface area contributed by atoms with E-state index in [-0.39, 0.29) is 0 Å². The van der Waals surface area contributed by atoms with Crippen LogP contribution < -0.4 is 5.32 Å². The Morgan fingerprint density at radius 2 is 2.12 bits per heavy atom. The summed E-state index contributed by atoms with van der Waals surface area (Å²) >= 11 is 0. The summed E-state index contributed by atoms with van der Waals surface area (Å²) in [5.41, 5.74) is 0. The largest absolute Gasteiger partial charge is 0.314 e. The summed E-state index contributed by atoms with van der Waals surface area (Å²) in [5.74, 6) is 0.821. The Kier molecular flexibility index (Phi) is 6.32. The zero-order valence-electron chi connectivity index (χ0n) is 11.5. The van der Waals surface area contributed by atoms with E-state index in [0.717, 1.165) is 25.0 Å². The van der Waals surface area contributed by atoms with Gasteiger partial charge in [-0.25, -0.2) is 0 Å². The van der Waals surface area contributed by atoms with Crippen molar-refractivity contribution in [1.29, 1.82) is 0 Å². The summed E-state index contributed by atoms with van der Waals surface area (Å²) in [6.45, 7) is 10.6. The highest BCUT2D eigenvalue weighted by molar-refractivity contribution is 4.77. The van der Waals surface area contributed by atoms with Crippen molar-refractivity contribution < 1.29 is 0 Å². The standard InChI is InChI=1S/C13H29N3/c1-12(2)5-8-15(3)9-6-13-11-14-7-10-16(13)4/h12-14H,5-11H2,1-4H3. The molecular formula is C13H29N3. The van der Waals surface area contributed by atoms with Gasteiger partial charge in [0.15, 0.2) is 0 Å². The van der Waals surface area contributed by atoms with Crippen molar-refractivity contribution in [3.8, 4) is 0 Å². The molecule has 0 radical (unpaired) electrons. The van der Waals surface area contributed by atoms with Gasteiger partial charge in [-0.05, 0) is 45.9 Å². The summed E-state index contributed by atoms with van der Waals surface area (Å²) in [7, 11) is 4.50. The first kappa shape index (κ1) is 13.9. The van der Waals surface area contributed by atoms with Crippen molar-refractivity contribution in [1.82, 2.24) is 15.1 Å². The molecule has 0 aromatic heterocycles. The van der Waals surface area contributed by atoms with Gasteiger partial charge in [0.2, 0.25) is 0 Å². The van der Waals surface area contributed by atoms with E-state index < -0.39 is 0 Å². The number of nitrogens with one attached hydrogen (secondary N) is 1. The molecule has 1 saturated heterocycles. The lowest BCUT2D eigenvalue weighted by atomic mass is 10.1. The van der Waals surface area contributed by atoms with Gasteiger partial charge < -0.3 is 15.1 Å². The predicted octanol–water partition coefficient (Wildman–Crippen LogP) is 1.26. The van der Waals surface area contributed by atoms with Gasteiger partial charge in [0, 0.05) is 25.7 Å². The molecule has 3 nitrogen and oxygen atoms in total. The van der Waals surface area contributed by atoms with Crippen molar-refractivity contribution in [2.75, 3.05) is 46.8 Å². The van der Waals surface area contributed by atoms with Crippen LogP contribution in [0.25, 0.3) is 0 Å². The van der Waals surface area contributed by atoms with E-state index >= 15 is 0 Å². The van der Waals surface area contributed by atoms with E-state index in [1.807, 2.05) is 0 Å². The van der Waals surface area contributed by atoms with Gasteiger partial charge in [0.05, 0.1) is 0 Å². The molecule has 0 amide bonds. The van der Waals surface area contributed by atoms with Gasteiger partial charge in [-0.1, -0.05) is 13.8 Å². The minimum Gasteiger partial charge on any atom is -0.314 e. The molecule has 1 aliphatic rings. The average molecular weight is 227 g/mol. The monoisotopic (exact) mass is 227 g/mol. The van der Waals surface area contributed by atoms with Crippen LogP contribution in [0.15, 0.2) is 0 Å². The third-order valence-electron chi connectivity index (χ3n) is 3.58. The molecule has 1 heterocycles. The first-order valence-electron chi connectivity index (χ1n) is 6.69. The van der Waals surface area contributed by atoms with E-state index in [0.29, 0.717) is 0 Å². The molecule has 0 spiro atoms. The van der Waals surface area contributed by atoms with Crippen LogP contribution in [0.5, 0.6) is 0 Å². The maximum Gasteiger partial charge on any atom is 0.0230 e. The summed E-state index contributed by atoms with van der Waals surface area (Å²) in [6, 6.07) is 0.732. The molecule has 0 aromatic rings. The zero-order valence-corrected chi connectivity index (χ0v) is 11.5. The Morgan fingerprint density at radius 1 is 1.38 bits per heavy atom. The smallest absolute Gasteiger partial charge is 0.0230 e. The van der Waals surface area contributed by atoms with E-state index in [9.17, 15) is 0 Å². The molecule has 0 aliphatic carbocycles. The van der Waals surface area contributed by atoms with Gasteiger partial charge in [-0.3, -0.25) is 0 Å². The number of nitrogens with zero attached hydrogens (tertiary/aromatic N) is 2. The fourth-order valence-corrected chi connectivity index (χ4v) is 2.14. The minimum absolute atomic E-state index is 0.732. The number of likely N-dealkylation sites (N-methyl/N-ethyl adjacent to an activating group) is 1. The second-order valence-electron chi connectivity index (χ2n) is 5.61. The quantitative estimate of drug-likeness (QED) is 0.737. The van der Waals surface area contributed by atoms with Crippen molar-refractivity contribution in [2.24, 2.45) is 5.92 Å². The van der Waals surface area contributed by atoms with Crippen molar-refractivity contribution in [2.45, 2.75) is 32.7 Å². The van der Waals surface area contributed by atoms with Gasteiger partial charge in [0.1, 0.15) is 0 Å². The molecule has 1 N–H and O–H groups in total. The SMILES string of the molecule is CC(C)CCN(C)CCC1CNCCN1C. The molecule has 1 fully saturated rings. The van der Waals surface area contributed by atoms with E-state index in [1.54, 1.807) is 0 Å². The zero-order chi connectivity index (χ0) is 12.0. The molecule has 3 heteroatoms. The van der Waals surface area contributed by atoms with Crippen LogP contribution >= 0.6 is 0 Å². The lowest BCUT2D eigenvalue weighted by molar-refractivity contribution is 0.171. The normalized spacial score (nSPS) is 23.2. The summed E-state index contributed by atoms with van der Waals surface area (Å²) in [4.78, 5) is 4.97. The molecular weight excluding hydrogens is 198 g/mol. The average Bonchev–Trinajstić information content (AvgIpc) is 2.25. The first-order chi connectivity index (χ1) is 7.59. The molecule has 16 heavy (non-hydrogen) atoms. The minimum atomic E-state index is 0.732. The molecule has 1 aliphatic heterocycles. The fourth-order valence-electron chi connectivity index (χ4n) is 2.14. The van der Waals surface area contributed by atoms with Crippen LogP contribution in [0.3, 0.4) is 0 Å². The summed E-state index contributed by atoms with van der Waals surface area (Å²) in [6.07, 6.45) is 2.60. The second kappa shape index (κ2) is 7.25. The lowest BCUT2D eigenvalue weighted by Crippen LogP contribution is -2.50. The third-order valence-corrected chi connectivity index (χ3v) is 3.58.